The molecule has 1 fully saturated rings. The molecule has 7 heteroatoms. The Morgan fingerprint density at radius 3 is 2.93 bits per heavy atom. The van der Waals surface area contributed by atoms with Crippen LogP contribution in [-0.2, 0) is 11.3 Å². The number of aromatic nitrogens is 2. The minimum absolute atomic E-state index is 0.0755. The van der Waals surface area contributed by atoms with Gasteiger partial charge in [0.1, 0.15) is 0 Å². The molecule has 15 heavy (non-hydrogen) atoms. The summed E-state index contributed by atoms with van der Waals surface area (Å²) in [5.41, 5.74) is 0.0755. The Labute approximate surface area is 90.6 Å². The fraction of sp³-hybridized carbons (Fsp3) is 0.625. The van der Waals surface area contributed by atoms with E-state index in [1.807, 2.05) is 0 Å². The van der Waals surface area contributed by atoms with Crippen molar-refractivity contribution in [3.05, 3.63) is 10.6 Å². The predicted octanol–water partition coefficient (Wildman–Crippen LogP) is 0.0685. The SMILES string of the molecule is O=C(O)c1nnsc1CN1CCOCC1. The summed E-state index contributed by atoms with van der Waals surface area (Å²) >= 11 is 1.15. The smallest absolute Gasteiger partial charge is 0.357 e. The highest BCUT2D eigenvalue weighted by molar-refractivity contribution is 7.05. The molecule has 2 heterocycles. The Morgan fingerprint density at radius 1 is 1.53 bits per heavy atom. The molecule has 6 nitrogen and oxygen atoms in total. The normalized spacial score (nSPS) is 17.9. The van der Waals surface area contributed by atoms with Crippen LogP contribution in [0, 0.1) is 0 Å². The highest BCUT2D eigenvalue weighted by atomic mass is 32.1. The summed E-state index contributed by atoms with van der Waals surface area (Å²) in [6.45, 7) is 3.67. The Morgan fingerprint density at radius 2 is 2.27 bits per heavy atom. The minimum atomic E-state index is -1.01. The number of morpholine rings is 1. The van der Waals surface area contributed by atoms with Crippen molar-refractivity contribution in [3.63, 3.8) is 0 Å². The van der Waals surface area contributed by atoms with E-state index < -0.39 is 5.97 Å². The van der Waals surface area contributed by atoms with Crippen molar-refractivity contribution < 1.29 is 14.6 Å². The van der Waals surface area contributed by atoms with Crippen LogP contribution in [-0.4, -0.2) is 51.9 Å². The number of nitrogens with zero attached hydrogens (tertiary/aromatic N) is 3. The number of carbonyl (C=O) groups is 1. The van der Waals surface area contributed by atoms with Gasteiger partial charge >= 0.3 is 5.97 Å². The first-order chi connectivity index (χ1) is 7.27. The fourth-order valence-corrected chi connectivity index (χ4v) is 2.11. The molecule has 82 valence electrons. The van der Waals surface area contributed by atoms with Crippen molar-refractivity contribution >= 4 is 17.5 Å². The first-order valence-electron chi connectivity index (χ1n) is 4.62. The fourth-order valence-electron chi connectivity index (χ4n) is 1.44. The summed E-state index contributed by atoms with van der Waals surface area (Å²) in [5.74, 6) is -1.01. The first kappa shape index (κ1) is 10.5. The van der Waals surface area contributed by atoms with Gasteiger partial charge in [0.2, 0.25) is 0 Å². The molecule has 2 rings (SSSR count). The highest BCUT2D eigenvalue weighted by Crippen LogP contribution is 2.14. The number of hydrogen-bond donors (Lipinski definition) is 1. The van der Waals surface area contributed by atoms with Gasteiger partial charge in [0.05, 0.1) is 18.1 Å². The second-order valence-corrected chi connectivity index (χ2v) is 4.08. The molecule has 0 radical (unpaired) electrons. The van der Waals surface area contributed by atoms with E-state index in [0.29, 0.717) is 24.6 Å². The molecule has 0 saturated carbocycles. The van der Waals surface area contributed by atoms with Gasteiger partial charge in [-0.25, -0.2) is 4.79 Å². The molecule has 1 aromatic heterocycles. The van der Waals surface area contributed by atoms with Crippen LogP contribution >= 0.6 is 11.5 Å². The average molecular weight is 229 g/mol. The van der Waals surface area contributed by atoms with E-state index in [-0.39, 0.29) is 5.69 Å². The van der Waals surface area contributed by atoms with E-state index in [1.54, 1.807) is 0 Å². The zero-order chi connectivity index (χ0) is 10.7. The van der Waals surface area contributed by atoms with Crippen LogP contribution in [0.4, 0.5) is 0 Å². The summed E-state index contributed by atoms with van der Waals surface area (Å²) in [5, 5.41) is 12.4. The number of ether oxygens (including phenoxy) is 1. The van der Waals surface area contributed by atoms with E-state index in [4.69, 9.17) is 9.84 Å². The number of carboxylic acids is 1. The van der Waals surface area contributed by atoms with Gasteiger partial charge in [-0.3, -0.25) is 4.90 Å². The minimum Gasteiger partial charge on any atom is -0.476 e. The van der Waals surface area contributed by atoms with Crippen molar-refractivity contribution in [3.8, 4) is 0 Å². The lowest BCUT2D eigenvalue weighted by molar-refractivity contribution is 0.0343. The monoisotopic (exact) mass is 229 g/mol. The van der Waals surface area contributed by atoms with Gasteiger partial charge < -0.3 is 9.84 Å². The maximum atomic E-state index is 10.8. The van der Waals surface area contributed by atoms with Gasteiger partial charge in [-0.05, 0) is 11.5 Å². The van der Waals surface area contributed by atoms with Crippen molar-refractivity contribution in [2.24, 2.45) is 0 Å². The number of rotatable bonds is 3. The number of hydrogen-bond acceptors (Lipinski definition) is 6. The van der Waals surface area contributed by atoms with Crippen molar-refractivity contribution in [2.75, 3.05) is 26.3 Å². The second-order valence-electron chi connectivity index (χ2n) is 3.24. The number of aromatic carboxylic acids is 1. The third-order valence-electron chi connectivity index (χ3n) is 2.23. The molecule has 1 aliphatic heterocycles. The standard InChI is InChI=1S/C8H11N3O3S/c12-8(13)7-6(15-10-9-7)5-11-1-3-14-4-2-11/h1-5H2,(H,12,13). The first-order valence-corrected chi connectivity index (χ1v) is 5.39. The third-order valence-corrected chi connectivity index (χ3v) is 2.94. The Hall–Kier alpha value is -1.05. The van der Waals surface area contributed by atoms with Gasteiger partial charge in [0.15, 0.2) is 5.69 Å². The molecule has 1 aliphatic rings. The van der Waals surface area contributed by atoms with Crippen LogP contribution in [0.5, 0.6) is 0 Å². The van der Waals surface area contributed by atoms with Crippen LogP contribution in [0.25, 0.3) is 0 Å². The summed E-state index contributed by atoms with van der Waals surface area (Å²) in [7, 11) is 0. The van der Waals surface area contributed by atoms with Gasteiger partial charge in [0.25, 0.3) is 0 Å². The molecule has 1 saturated heterocycles. The average Bonchev–Trinajstić information content (AvgIpc) is 2.67. The van der Waals surface area contributed by atoms with Crippen molar-refractivity contribution in [1.29, 1.82) is 0 Å². The van der Waals surface area contributed by atoms with Gasteiger partial charge in [0, 0.05) is 19.6 Å². The Kier molecular flexibility index (Phi) is 3.24. The summed E-state index contributed by atoms with van der Waals surface area (Å²) < 4.78 is 8.87. The van der Waals surface area contributed by atoms with Gasteiger partial charge in [-0.15, -0.1) is 5.10 Å². The quantitative estimate of drug-likeness (QED) is 0.790. The van der Waals surface area contributed by atoms with E-state index >= 15 is 0 Å². The molecule has 0 aromatic carbocycles. The summed E-state index contributed by atoms with van der Waals surface area (Å²) in [4.78, 5) is 13.6. The maximum Gasteiger partial charge on any atom is 0.357 e. The number of carboxylic acid groups (broad SMARTS) is 1. The molecule has 0 aliphatic carbocycles. The summed E-state index contributed by atoms with van der Waals surface area (Å²) in [6.07, 6.45) is 0. The topological polar surface area (TPSA) is 75.5 Å². The molecule has 0 bridgehead atoms. The highest BCUT2D eigenvalue weighted by Gasteiger charge is 2.19. The van der Waals surface area contributed by atoms with Crippen LogP contribution < -0.4 is 0 Å². The Balaban J connectivity index is 2.03. The second kappa shape index (κ2) is 4.65. The molecular formula is C8H11N3O3S. The summed E-state index contributed by atoms with van der Waals surface area (Å²) in [6, 6.07) is 0. The lowest BCUT2D eigenvalue weighted by Gasteiger charge is -2.25. The maximum absolute atomic E-state index is 10.8. The molecule has 1 N–H and O–H groups in total. The van der Waals surface area contributed by atoms with E-state index in [2.05, 4.69) is 14.5 Å². The van der Waals surface area contributed by atoms with Gasteiger partial charge in [-0.1, -0.05) is 4.49 Å². The molecule has 1 aromatic rings. The zero-order valence-corrected chi connectivity index (χ0v) is 8.87. The Bertz CT molecular complexity index is 349. The molecule has 0 atom stereocenters. The van der Waals surface area contributed by atoms with Crippen molar-refractivity contribution in [1.82, 2.24) is 14.5 Å². The molecule has 0 spiro atoms. The van der Waals surface area contributed by atoms with Crippen LogP contribution in [0.1, 0.15) is 15.4 Å². The third kappa shape index (κ3) is 2.49. The molecule has 0 unspecified atom stereocenters. The zero-order valence-electron chi connectivity index (χ0n) is 8.05. The van der Waals surface area contributed by atoms with Crippen molar-refractivity contribution in [2.45, 2.75) is 6.54 Å². The van der Waals surface area contributed by atoms with Gasteiger partial charge in [-0.2, -0.15) is 0 Å². The van der Waals surface area contributed by atoms with E-state index in [9.17, 15) is 4.79 Å². The van der Waals surface area contributed by atoms with E-state index in [1.165, 1.54) is 0 Å². The van der Waals surface area contributed by atoms with E-state index in [0.717, 1.165) is 24.6 Å². The lowest BCUT2D eigenvalue weighted by atomic mass is 10.3. The predicted molar refractivity (Wildman–Crippen MR) is 53.0 cm³/mol. The van der Waals surface area contributed by atoms with Crippen LogP contribution in [0.15, 0.2) is 0 Å². The van der Waals surface area contributed by atoms with Crippen LogP contribution in [0.3, 0.4) is 0 Å². The largest absolute Gasteiger partial charge is 0.476 e. The molecular weight excluding hydrogens is 218 g/mol. The van der Waals surface area contributed by atoms with Crippen LogP contribution in [0.2, 0.25) is 0 Å². The molecule has 0 amide bonds. The lowest BCUT2D eigenvalue weighted by Crippen LogP contribution is -2.35.